The van der Waals surface area contributed by atoms with Crippen LogP contribution in [0.5, 0.6) is 0 Å². The lowest BCUT2D eigenvalue weighted by Gasteiger charge is -2.34. The lowest BCUT2D eigenvalue weighted by molar-refractivity contribution is -0.193. The van der Waals surface area contributed by atoms with Gasteiger partial charge in [0.2, 0.25) is 0 Å². The maximum Gasteiger partial charge on any atom is 0.303 e. The summed E-state index contributed by atoms with van der Waals surface area (Å²) in [5.41, 5.74) is 0.116. The van der Waals surface area contributed by atoms with Crippen molar-refractivity contribution in [1.29, 1.82) is 0 Å². The fraction of sp³-hybridized carbons (Fsp3) is 0.821. The number of ether oxygens (including phenoxy) is 2. The standard InChI is InChI=1S/C28H48O5/c1-5-6-17-28(3,4)18-16-24(33-26-15-11-12-19-32-26)27-21(2)20-23(29)22(27)13-9-7-8-10-14-25(30)31/h7,9,16,18,21-24,26-27,29H,5-6,8,10-15,17,19-20H2,1-4H3,(H,30,31)/b9-7-,18-16+/t21-,22+,23?,24+,26?,27+/m1/s1. The quantitative estimate of drug-likeness (QED) is 0.226. The van der Waals surface area contributed by atoms with E-state index >= 15 is 0 Å². The second-order valence-electron chi connectivity index (χ2n) is 10.9. The van der Waals surface area contributed by atoms with Crippen LogP contribution in [0.15, 0.2) is 24.3 Å². The van der Waals surface area contributed by atoms with E-state index in [0.717, 1.165) is 51.6 Å². The molecule has 1 saturated heterocycles. The molecule has 5 heteroatoms. The molecule has 0 radical (unpaired) electrons. The molecule has 0 bridgehead atoms. The predicted octanol–water partition coefficient (Wildman–Crippen LogP) is 6.51. The highest BCUT2D eigenvalue weighted by Gasteiger charge is 2.44. The number of allylic oxidation sites excluding steroid dienone is 3. The van der Waals surface area contributed by atoms with Gasteiger partial charge in [-0.25, -0.2) is 0 Å². The lowest BCUT2D eigenvalue weighted by Crippen LogP contribution is -2.36. The molecule has 0 amide bonds. The SMILES string of the molecule is CCCCC(C)(C)/C=C/[C@H](OC1CCCCO1)[C@H]1[C@H](C)CC(O)[C@@H]1C/C=C\CCCC(=O)O. The Balaban J connectivity index is 2.12. The number of carboxylic acids is 1. The highest BCUT2D eigenvalue weighted by molar-refractivity contribution is 5.66. The summed E-state index contributed by atoms with van der Waals surface area (Å²) in [5, 5.41) is 19.7. The topological polar surface area (TPSA) is 76.0 Å². The molecule has 5 nitrogen and oxygen atoms in total. The van der Waals surface area contributed by atoms with Crippen LogP contribution >= 0.6 is 0 Å². The van der Waals surface area contributed by atoms with E-state index in [1.165, 1.54) is 12.8 Å². The number of unbranched alkanes of at least 4 members (excludes halogenated alkanes) is 2. The van der Waals surface area contributed by atoms with Gasteiger partial charge in [0.15, 0.2) is 6.29 Å². The summed E-state index contributed by atoms with van der Waals surface area (Å²) in [7, 11) is 0. The Hall–Kier alpha value is -1.17. The molecule has 1 saturated carbocycles. The van der Waals surface area contributed by atoms with Gasteiger partial charge in [-0.15, -0.1) is 0 Å². The first-order chi connectivity index (χ1) is 15.7. The van der Waals surface area contributed by atoms with Crippen molar-refractivity contribution >= 4 is 5.97 Å². The predicted molar refractivity (Wildman–Crippen MR) is 133 cm³/mol. The summed E-state index contributed by atoms with van der Waals surface area (Å²) >= 11 is 0. The molecule has 2 aliphatic rings. The lowest BCUT2D eigenvalue weighted by atomic mass is 9.80. The second kappa shape index (κ2) is 14.3. The molecular weight excluding hydrogens is 416 g/mol. The molecule has 0 aromatic rings. The van der Waals surface area contributed by atoms with E-state index in [1.807, 2.05) is 0 Å². The normalized spacial score (nSPS) is 29.8. The Morgan fingerprint density at radius 2 is 2.03 bits per heavy atom. The Labute approximate surface area is 201 Å². The zero-order chi connectivity index (χ0) is 24.3. The molecular formula is C28H48O5. The maximum atomic E-state index is 10.9. The minimum Gasteiger partial charge on any atom is -0.481 e. The molecule has 190 valence electrons. The van der Waals surface area contributed by atoms with Gasteiger partial charge >= 0.3 is 5.97 Å². The summed E-state index contributed by atoms with van der Waals surface area (Å²) in [5.74, 6) is -0.0235. The first-order valence-electron chi connectivity index (χ1n) is 13.2. The van der Waals surface area contributed by atoms with Crippen molar-refractivity contribution in [2.24, 2.45) is 23.2 Å². The first-order valence-corrected chi connectivity index (χ1v) is 13.2. The van der Waals surface area contributed by atoms with E-state index in [2.05, 4.69) is 52.0 Å². The minimum atomic E-state index is -0.748. The summed E-state index contributed by atoms with van der Waals surface area (Å²) in [6.45, 7) is 9.80. The molecule has 2 N–H and O–H groups in total. The summed E-state index contributed by atoms with van der Waals surface area (Å²) in [6.07, 6.45) is 18.1. The number of hydrogen-bond acceptors (Lipinski definition) is 4. The molecule has 0 aromatic heterocycles. The molecule has 33 heavy (non-hydrogen) atoms. The van der Waals surface area contributed by atoms with Crippen LogP contribution in [-0.4, -0.2) is 41.3 Å². The molecule has 2 unspecified atom stereocenters. The number of aliphatic hydroxyl groups excluding tert-OH is 1. The Morgan fingerprint density at radius 3 is 2.70 bits per heavy atom. The molecule has 1 heterocycles. The third-order valence-corrected chi connectivity index (χ3v) is 7.33. The van der Waals surface area contributed by atoms with Crippen LogP contribution in [-0.2, 0) is 14.3 Å². The second-order valence-corrected chi connectivity index (χ2v) is 10.9. The average molecular weight is 465 g/mol. The van der Waals surface area contributed by atoms with E-state index in [1.54, 1.807) is 0 Å². The molecule has 2 fully saturated rings. The minimum absolute atomic E-state index is 0.0773. The maximum absolute atomic E-state index is 10.9. The Bertz CT molecular complexity index is 620. The summed E-state index contributed by atoms with van der Waals surface area (Å²) < 4.78 is 12.5. The van der Waals surface area contributed by atoms with Gasteiger partial charge in [0.05, 0.1) is 12.2 Å². The van der Waals surface area contributed by atoms with Gasteiger partial charge in [-0.3, -0.25) is 4.79 Å². The molecule has 2 rings (SSSR count). The van der Waals surface area contributed by atoms with Crippen molar-refractivity contribution in [2.75, 3.05) is 6.61 Å². The number of aliphatic hydroxyl groups is 1. The highest BCUT2D eigenvalue weighted by Crippen LogP contribution is 2.43. The third kappa shape index (κ3) is 9.92. The first kappa shape index (κ1) is 28.1. The van der Waals surface area contributed by atoms with E-state index in [0.29, 0.717) is 12.3 Å². The molecule has 1 aliphatic heterocycles. The van der Waals surface area contributed by atoms with Crippen LogP contribution in [0.3, 0.4) is 0 Å². The van der Waals surface area contributed by atoms with Crippen molar-refractivity contribution in [3.05, 3.63) is 24.3 Å². The van der Waals surface area contributed by atoms with Crippen molar-refractivity contribution in [2.45, 2.75) is 117 Å². The Kier molecular flexibility index (Phi) is 12.1. The van der Waals surface area contributed by atoms with Gasteiger partial charge in [0, 0.05) is 13.0 Å². The fourth-order valence-electron chi connectivity index (χ4n) is 5.34. The summed E-state index contributed by atoms with van der Waals surface area (Å²) in [6, 6.07) is 0. The van der Waals surface area contributed by atoms with Gasteiger partial charge in [0.25, 0.3) is 0 Å². The van der Waals surface area contributed by atoms with Crippen LogP contribution in [0.2, 0.25) is 0 Å². The third-order valence-electron chi connectivity index (χ3n) is 7.33. The molecule has 6 atom stereocenters. The number of rotatable bonds is 14. The van der Waals surface area contributed by atoms with Gasteiger partial charge in [-0.05, 0) is 74.5 Å². The van der Waals surface area contributed by atoms with E-state index in [-0.39, 0.29) is 42.2 Å². The van der Waals surface area contributed by atoms with Crippen LogP contribution in [0, 0.1) is 23.2 Å². The van der Waals surface area contributed by atoms with Crippen LogP contribution in [0.4, 0.5) is 0 Å². The van der Waals surface area contributed by atoms with E-state index in [9.17, 15) is 9.90 Å². The number of carboxylic acid groups (broad SMARTS) is 1. The van der Waals surface area contributed by atoms with Gasteiger partial charge in [-0.1, -0.05) is 64.8 Å². The smallest absolute Gasteiger partial charge is 0.303 e. The average Bonchev–Trinajstić information content (AvgIpc) is 3.05. The van der Waals surface area contributed by atoms with Crippen molar-refractivity contribution in [3.8, 4) is 0 Å². The monoisotopic (exact) mass is 464 g/mol. The largest absolute Gasteiger partial charge is 0.481 e. The van der Waals surface area contributed by atoms with Crippen LogP contribution in [0.25, 0.3) is 0 Å². The summed E-state index contributed by atoms with van der Waals surface area (Å²) in [4.78, 5) is 10.7. The molecule has 0 aromatic carbocycles. The molecule has 0 spiro atoms. The van der Waals surface area contributed by atoms with E-state index in [4.69, 9.17) is 14.6 Å². The van der Waals surface area contributed by atoms with Crippen molar-refractivity contribution in [3.63, 3.8) is 0 Å². The zero-order valence-corrected chi connectivity index (χ0v) is 21.4. The van der Waals surface area contributed by atoms with Crippen molar-refractivity contribution < 1.29 is 24.5 Å². The van der Waals surface area contributed by atoms with Gasteiger partial charge in [0.1, 0.15) is 0 Å². The Morgan fingerprint density at radius 1 is 1.24 bits per heavy atom. The highest BCUT2D eigenvalue weighted by atomic mass is 16.7. The van der Waals surface area contributed by atoms with Crippen molar-refractivity contribution in [1.82, 2.24) is 0 Å². The van der Waals surface area contributed by atoms with Crippen LogP contribution < -0.4 is 0 Å². The molecule has 1 aliphatic carbocycles. The van der Waals surface area contributed by atoms with E-state index < -0.39 is 5.97 Å². The number of hydrogen-bond donors (Lipinski definition) is 2. The number of aliphatic carboxylic acids is 1. The zero-order valence-electron chi connectivity index (χ0n) is 21.4. The fourth-order valence-corrected chi connectivity index (χ4v) is 5.34. The van der Waals surface area contributed by atoms with Gasteiger partial charge < -0.3 is 19.7 Å². The van der Waals surface area contributed by atoms with Crippen LogP contribution in [0.1, 0.15) is 98.3 Å². The van der Waals surface area contributed by atoms with Gasteiger partial charge in [-0.2, -0.15) is 0 Å². The number of carbonyl (C=O) groups is 1.